The molecular weight excluding hydrogens is 673 g/mol. The monoisotopic (exact) mass is 736 g/mol. The van der Waals surface area contributed by atoms with E-state index in [9.17, 15) is 24.6 Å². The number of allylic oxidation sites excluding steroid dienone is 1. The van der Waals surface area contributed by atoms with Gasteiger partial charge in [0, 0.05) is 18.7 Å². The predicted molar refractivity (Wildman–Crippen MR) is 213 cm³/mol. The van der Waals surface area contributed by atoms with Gasteiger partial charge in [-0.05, 0) is 158 Å². The number of hydrogen-bond acceptors (Lipinski definition) is 4. The summed E-state index contributed by atoms with van der Waals surface area (Å²) < 4.78 is 0. The van der Waals surface area contributed by atoms with Crippen LogP contribution in [-0.2, 0) is 17.8 Å². The molecule has 0 heterocycles. The molecule has 7 nitrogen and oxygen atoms in total. The Morgan fingerprint density at radius 2 is 1.57 bits per heavy atom. The van der Waals surface area contributed by atoms with Crippen LogP contribution in [0.1, 0.15) is 138 Å². The first kappa shape index (κ1) is 38.8. The number of aliphatic hydroxyl groups is 1. The Morgan fingerprint density at radius 1 is 0.815 bits per heavy atom. The molecule has 2 aromatic rings. The van der Waals surface area contributed by atoms with Crippen molar-refractivity contribution in [2.45, 2.75) is 125 Å². The highest BCUT2D eigenvalue weighted by Gasteiger charge is 2.71. The summed E-state index contributed by atoms with van der Waals surface area (Å²) in [6.45, 7) is 19.8. The van der Waals surface area contributed by atoms with Crippen LogP contribution in [0.3, 0.4) is 0 Å². The molecule has 7 rings (SSSR count). The van der Waals surface area contributed by atoms with E-state index in [0.29, 0.717) is 54.3 Å². The van der Waals surface area contributed by atoms with Gasteiger partial charge in [-0.3, -0.25) is 9.59 Å². The van der Waals surface area contributed by atoms with Crippen molar-refractivity contribution >= 4 is 17.8 Å². The third kappa shape index (κ3) is 5.97. The molecule has 5 aliphatic rings. The molecule has 0 radical (unpaired) electrons. The van der Waals surface area contributed by atoms with Gasteiger partial charge in [-0.15, -0.1) is 0 Å². The van der Waals surface area contributed by atoms with E-state index in [1.165, 1.54) is 24.8 Å². The highest BCUT2D eigenvalue weighted by atomic mass is 16.4. The van der Waals surface area contributed by atoms with Crippen LogP contribution in [0, 0.1) is 56.7 Å². The molecule has 4 unspecified atom stereocenters. The number of aliphatic hydroxyl groups excluding tert-OH is 1. The average Bonchev–Trinajstić information content (AvgIpc) is 3.54. The van der Waals surface area contributed by atoms with Gasteiger partial charge in [0.2, 0.25) is 5.91 Å². The van der Waals surface area contributed by atoms with Crippen molar-refractivity contribution in [1.82, 2.24) is 10.6 Å². The number of carbonyl (C=O) groups excluding carboxylic acids is 2. The van der Waals surface area contributed by atoms with Gasteiger partial charge in [0.05, 0.1) is 17.1 Å². The van der Waals surface area contributed by atoms with Gasteiger partial charge in [-0.25, -0.2) is 4.79 Å². The Morgan fingerprint density at radius 3 is 2.31 bits per heavy atom. The number of carbonyl (C=O) groups is 3. The lowest BCUT2D eigenvalue weighted by atomic mass is 9.32. The zero-order chi connectivity index (χ0) is 38.8. The van der Waals surface area contributed by atoms with Gasteiger partial charge in [0.15, 0.2) is 0 Å². The highest BCUT2D eigenvalue weighted by molar-refractivity contribution is 5.94. The molecule has 4 N–H and O–H groups in total. The lowest BCUT2D eigenvalue weighted by Gasteiger charge is -2.72. The van der Waals surface area contributed by atoms with Crippen LogP contribution in [0.15, 0.2) is 60.7 Å². The van der Waals surface area contributed by atoms with Crippen molar-refractivity contribution in [2.24, 2.45) is 56.7 Å². The Bertz CT molecular complexity index is 1820. The Labute approximate surface area is 323 Å². The molecule has 10 atom stereocenters. The van der Waals surface area contributed by atoms with Crippen molar-refractivity contribution < 1.29 is 24.6 Å². The molecule has 2 aromatic carbocycles. The topological polar surface area (TPSA) is 116 Å². The summed E-state index contributed by atoms with van der Waals surface area (Å²) in [5, 5.41) is 26.9. The number of amides is 2. The Hall–Kier alpha value is -3.45. The molecule has 0 aromatic heterocycles. The minimum atomic E-state index is -0.975. The Balaban J connectivity index is 1.06. The van der Waals surface area contributed by atoms with Crippen LogP contribution in [-0.4, -0.2) is 40.6 Å². The number of carboxylic acids is 1. The third-order valence-electron chi connectivity index (χ3n) is 17.1. The lowest BCUT2D eigenvalue weighted by molar-refractivity contribution is -0.246. The average molecular weight is 737 g/mol. The van der Waals surface area contributed by atoms with Gasteiger partial charge in [-0.1, -0.05) is 77.1 Å². The molecule has 0 bridgehead atoms. The molecular formula is C47H64N2O5. The fraction of sp³-hybridized carbons (Fsp3) is 0.638. The van der Waals surface area contributed by atoms with Crippen molar-refractivity contribution in [1.29, 1.82) is 0 Å². The molecule has 5 aliphatic carbocycles. The first-order valence-electron chi connectivity index (χ1n) is 20.8. The smallest absolute Gasteiger partial charge is 0.335 e. The minimum absolute atomic E-state index is 0.0675. The second-order valence-corrected chi connectivity index (χ2v) is 19.6. The minimum Gasteiger partial charge on any atom is -0.478 e. The first-order valence-corrected chi connectivity index (χ1v) is 20.8. The van der Waals surface area contributed by atoms with Crippen LogP contribution >= 0.6 is 0 Å². The van der Waals surface area contributed by atoms with E-state index >= 15 is 0 Å². The van der Waals surface area contributed by atoms with Crippen molar-refractivity contribution in [3.05, 3.63) is 82.9 Å². The molecule has 0 aliphatic heterocycles. The zero-order valence-corrected chi connectivity index (χ0v) is 33.6. The molecule has 5 saturated carbocycles. The van der Waals surface area contributed by atoms with Crippen LogP contribution < -0.4 is 10.6 Å². The fourth-order valence-corrected chi connectivity index (χ4v) is 14.1. The fourth-order valence-electron chi connectivity index (χ4n) is 14.1. The normalized spacial score (nSPS) is 37.8. The van der Waals surface area contributed by atoms with E-state index in [0.717, 1.165) is 50.5 Å². The van der Waals surface area contributed by atoms with E-state index in [2.05, 4.69) is 58.8 Å². The van der Waals surface area contributed by atoms with E-state index in [1.807, 2.05) is 18.2 Å². The van der Waals surface area contributed by atoms with Gasteiger partial charge in [-0.2, -0.15) is 0 Å². The number of rotatable bonds is 9. The van der Waals surface area contributed by atoms with Crippen LogP contribution in [0.25, 0.3) is 0 Å². The lowest BCUT2D eigenvalue weighted by Crippen LogP contribution is -2.67. The number of benzene rings is 2. The third-order valence-corrected chi connectivity index (χ3v) is 17.1. The molecule has 5 fully saturated rings. The molecule has 2 amide bonds. The standard InChI is InChI=1S/C47H64N2O5/c1-29(2)33-17-23-47(42(54)49-28-30-11-10-13-32(27-30)40(51)48-26-20-31-12-8-9-14-34(31)41(52)53)25-24-45(6)35(39(33)47)15-16-37-44(5)21-19-38(50)43(3,4)36(44)18-22-46(37,45)7/h8-14,27,33,35-39,50H,1,15-26,28H2,2-7H3,(H,48,51)(H,49,54)(H,52,53)/t33-,35?,36?,37?,38-,39?,44-,45+,46+,47-/m0/s1. The van der Waals surface area contributed by atoms with Gasteiger partial charge in [0.1, 0.15) is 0 Å². The van der Waals surface area contributed by atoms with Crippen molar-refractivity contribution in [3.8, 4) is 0 Å². The maximum absolute atomic E-state index is 14.7. The predicted octanol–water partition coefficient (Wildman–Crippen LogP) is 8.99. The Kier molecular flexibility index (Phi) is 10.0. The van der Waals surface area contributed by atoms with E-state index < -0.39 is 11.4 Å². The number of carboxylic acid groups (broad SMARTS) is 1. The first-order chi connectivity index (χ1) is 25.5. The number of aromatic carboxylic acids is 1. The van der Waals surface area contributed by atoms with Crippen molar-refractivity contribution in [3.63, 3.8) is 0 Å². The molecule has 54 heavy (non-hydrogen) atoms. The quantitative estimate of drug-likeness (QED) is 0.192. The second-order valence-electron chi connectivity index (χ2n) is 19.6. The molecule has 0 spiro atoms. The van der Waals surface area contributed by atoms with E-state index in [1.54, 1.807) is 30.3 Å². The summed E-state index contributed by atoms with van der Waals surface area (Å²) in [6.07, 6.45) is 10.8. The number of hydrogen-bond donors (Lipinski definition) is 4. The van der Waals surface area contributed by atoms with Crippen LogP contribution in [0.4, 0.5) is 0 Å². The van der Waals surface area contributed by atoms with Gasteiger partial charge < -0.3 is 20.8 Å². The summed E-state index contributed by atoms with van der Waals surface area (Å²) in [5.74, 6) is 1.18. The van der Waals surface area contributed by atoms with E-state index in [-0.39, 0.29) is 51.1 Å². The summed E-state index contributed by atoms with van der Waals surface area (Å²) >= 11 is 0. The largest absolute Gasteiger partial charge is 0.478 e. The molecule has 0 saturated heterocycles. The maximum Gasteiger partial charge on any atom is 0.335 e. The van der Waals surface area contributed by atoms with Crippen LogP contribution in [0.5, 0.6) is 0 Å². The van der Waals surface area contributed by atoms with Crippen molar-refractivity contribution in [2.75, 3.05) is 6.54 Å². The van der Waals surface area contributed by atoms with Gasteiger partial charge >= 0.3 is 5.97 Å². The number of nitrogens with one attached hydrogen (secondary N) is 2. The second kappa shape index (κ2) is 13.9. The number of fused-ring (bicyclic) bond motifs is 7. The van der Waals surface area contributed by atoms with E-state index in [4.69, 9.17) is 0 Å². The summed E-state index contributed by atoms with van der Waals surface area (Å²) in [6, 6.07) is 14.3. The maximum atomic E-state index is 14.7. The highest BCUT2D eigenvalue weighted by Crippen LogP contribution is 2.77. The van der Waals surface area contributed by atoms with Crippen LogP contribution in [0.2, 0.25) is 0 Å². The van der Waals surface area contributed by atoms with Gasteiger partial charge in [0.25, 0.3) is 5.91 Å². The summed E-state index contributed by atoms with van der Waals surface area (Å²) in [4.78, 5) is 39.4. The summed E-state index contributed by atoms with van der Waals surface area (Å²) in [5.41, 5.74) is 3.60. The zero-order valence-electron chi connectivity index (χ0n) is 33.6. The molecule has 7 heteroatoms. The molecule has 292 valence electrons. The SMILES string of the molecule is C=C(C)[C@@H]1CC[C@]2(C(=O)NCc3cccc(C(=O)NCCc4ccccc4C(=O)O)c3)CC[C@]3(C)C(CCC4[C@@]5(C)CC[C@H](O)C(C)(C)C5CC[C@]43C)C12. The summed E-state index contributed by atoms with van der Waals surface area (Å²) in [7, 11) is 0.